The number of nitrogens with one attached hydrogen (secondary N) is 1. The molecule has 1 aromatic rings. The molecule has 2 rings (SSSR count). The summed E-state index contributed by atoms with van der Waals surface area (Å²) >= 11 is 0. The van der Waals surface area contributed by atoms with E-state index in [9.17, 15) is 14.7 Å². The Morgan fingerprint density at radius 3 is 3.00 bits per heavy atom. The van der Waals surface area contributed by atoms with E-state index in [2.05, 4.69) is 9.72 Å². The molecule has 0 fully saturated rings. The van der Waals surface area contributed by atoms with Crippen LogP contribution in [0.25, 0.3) is 12.0 Å². The van der Waals surface area contributed by atoms with Gasteiger partial charge in [-0.05, 0) is 11.3 Å². The molecular formula is C9H7NO4. The highest BCUT2D eigenvalue weighted by molar-refractivity contribution is 5.79. The zero-order valence-corrected chi connectivity index (χ0v) is 7.11. The highest BCUT2D eigenvalue weighted by Crippen LogP contribution is 1.96. The Hall–Kier alpha value is -2.04. The quantitative estimate of drug-likeness (QED) is 0.503. The number of ether oxygens (including phenoxy) is 1. The second kappa shape index (κ2) is 3.02. The highest BCUT2D eigenvalue weighted by atomic mass is 16.6. The summed E-state index contributed by atoms with van der Waals surface area (Å²) in [5.41, 5.74) is -0.481. The number of esters is 1. The third kappa shape index (κ3) is 1.28. The number of aliphatic hydroxyl groups is 1. The van der Waals surface area contributed by atoms with Gasteiger partial charge in [-0.25, -0.2) is 0 Å². The number of pyridine rings is 1. The number of rotatable bonds is 0. The first-order valence-electron chi connectivity index (χ1n) is 4.00. The molecule has 0 atom stereocenters. The van der Waals surface area contributed by atoms with Crippen molar-refractivity contribution in [3.63, 3.8) is 0 Å². The van der Waals surface area contributed by atoms with Gasteiger partial charge >= 0.3 is 5.97 Å². The number of aromatic amines is 1. The van der Waals surface area contributed by atoms with Gasteiger partial charge in [-0.1, -0.05) is 6.08 Å². The van der Waals surface area contributed by atoms with Crippen molar-refractivity contribution in [1.82, 2.24) is 4.98 Å². The molecule has 0 amide bonds. The number of carbonyl (C=O) groups excluding carboxylic acids is 1. The van der Waals surface area contributed by atoms with Crippen LogP contribution in [0.1, 0.15) is 6.42 Å². The molecule has 5 heteroatoms. The fourth-order valence-electron chi connectivity index (χ4n) is 1.28. The van der Waals surface area contributed by atoms with E-state index in [1.165, 1.54) is 12.3 Å². The number of H-pyrrole nitrogens is 1. The van der Waals surface area contributed by atoms with Crippen LogP contribution in [0.15, 0.2) is 17.1 Å². The van der Waals surface area contributed by atoms with Crippen LogP contribution in [0.4, 0.5) is 0 Å². The first-order valence-corrected chi connectivity index (χ1v) is 4.00. The fraction of sp³-hybridized carbons (Fsp3) is 0.111. The predicted octanol–water partition coefficient (Wildman–Crippen LogP) is -1.27. The van der Waals surface area contributed by atoms with E-state index in [-0.39, 0.29) is 11.6 Å². The van der Waals surface area contributed by atoms with Gasteiger partial charge in [-0.3, -0.25) is 9.59 Å². The fourth-order valence-corrected chi connectivity index (χ4v) is 1.28. The lowest BCUT2D eigenvalue weighted by Crippen LogP contribution is -2.41. The molecule has 1 aliphatic rings. The molecule has 0 aromatic carbocycles. The Kier molecular flexibility index (Phi) is 1.85. The van der Waals surface area contributed by atoms with Crippen LogP contribution in [0.3, 0.4) is 0 Å². The first-order chi connectivity index (χ1) is 6.68. The van der Waals surface area contributed by atoms with Crippen LogP contribution in [0, 0.1) is 0 Å². The lowest BCUT2D eigenvalue weighted by Gasteiger charge is -1.96. The van der Waals surface area contributed by atoms with Crippen LogP contribution < -0.4 is 16.0 Å². The lowest BCUT2D eigenvalue weighted by molar-refractivity contribution is -0.137. The van der Waals surface area contributed by atoms with Crippen LogP contribution in [0.5, 0.6) is 0 Å². The molecule has 0 spiro atoms. The smallest absolute Gasteiger partial charge is 0.317 e. The van der Waals surface area contributed by atoms with Crippen molar-refractivity contribution >= 4 is 18.0 Å². The second-order valence-electron chi connectivity index (χ2n) is 2.82. The van der Waals surface area contributed by atoms with Gasteiger partial charge in [0.05, 0.1) is 6.42 Å². The molecule has 0 saturated carbocycles. The monoisotopic (exact) mass is 193 g/mol. The van der Waals surface area contributed by atoms with Crippen molar-refractivity contribution in [2.24, 2.45) is 0 Å². The molecule has 0 bridgehead atoms. The van der Waals surface area contributed by atoms with Gasteiger partial charge in [0.25, 0.3) is 11.5 Å². The van der Waals surface area contributed by atoms with E-state index in [1.54, 1.807) is 6.07 Å². The van der Waals surface area contributed by atoms with Crippen LogP contribution in [-0.2, 0) is 9.53 Å². The van der Waals surface area contributed by atoms with Crippen molar-refractivity contribution in [2.75, 3.05) is 0 Å². The summed E-state index contributed by atoms with van der Waals surface area (Å²) in [6, 6.07) is 1.59. The number of carbonyl (C=O) groups is 1. The summed E-state index contributed by atoms with van der Waals surface area (Å²) in [6.07, 6.45) is 3.03. The third-order valence-electron chi connectivity index (χ3n) is 1.91. The van der Waals surface area contributed by atoms with E-state index >= 15 is 0 Å². The Morgan fingerprint density at radius 1 is 1.43 bits per heavy atom. The first kappa shape index (κ1) is 8.55. The van der Waals surface area contributed by atoms with Crippen molar-refractivity contribution in [1.29, 1.82) is 0 Å². The SMILES string of the molecule is O=C1CC=c2cc[nH]c(=O)c2=C(O)O1. The van der Waals surface area contributed by atoms with Crippen molar-refractivity contribution in [2.45, 2.75) is 6.42 Å². The molecule has 2 heterocycles. The minimum Gasteiger partial charge on any atom is -0.480 e. The second-order valence-corrected chi connectivity index (χ2v) is 2.82. The maximum absolute atomic E-state index is 11.3. The van der Waals surface area contributed by atoms with E-state index in [0.717, 1.165) is 0 Å². The third-order valence-corrected chi connectivity index (χ3v) is 1.91. The summed E-state index contributed by atoms with van der Waals surface area (Å²) in [5, 5.41) is 9.82. The molecule has 0 radical (unpaired) electrons. The Morgan fingerprint density at radius 2 is 2.21 bits per heavy atom. The molecule has 14 heavy (non-hydrogen) atoms. The van der Waals surface area contributed by atoms with Crippen LogP contribution >= 0.6 is 0 Å². The van der Waals surface area contributed by atoms with E-state index in [4.69, 9.17) is 0 Å². The molecule has 1 aromatic heterocycles. The predicted molar refractivity (Wildman–Crippen MR) is 47.5 cm³/mol. The zero-order valence-electron chi connectivity index (χ0n) is 7.11. The van der Waals surface area contributed by atoms with Gasteiger partial charge in [0.2, 0.25) is 0 Å². The molecular weight excluding hydrogens is 186 g/mol. The Bertz CT molecular complexity index is 555. The molecule has 0 aliphatic carbocycles. The maximum atomic E-state index is 11.3. The molecule has 2 N–H and O–H groups in total. The number of aromatic nitrogens is 1. The van der Waals surface area contributed by atoms with Crippen molar-refractivity contribution in [3.05, 3.63) is 33.1 Å². The molecule has 72 valence electrons. The van der Waals surface area contributed by atoms with Gasteiger partial charge in [-0.2, -0.15) is 0 Å². The highest BCUT2D eigenvalue weighted by Gasteiger charge is 2.11. The van der Waals surface area contributed by atoms with Crippen molar-refractivity contribution in [3.8, 4) is 0 Å². The van der Waals surface area contributed by atoms with Crippen LogP contribution in [-0.4, -0.2) is 16.1 Å². The number of aliphatic hydroxyl groups excluding tert-OH is 1. The maximum Gasteiger partial charge on any atom is 0.317 e. The summed E-state index contributed by atoms with van der Waals surface area (Å²) < 4.78 is 4.50. The van der Waals surface area contributed by atoms with Gasteiger partial charge in [0, 0.05) is 6.20 Å². The van der Waals surface area contributed by atoms with Gasteiger partial charge in [-0.15, -0.1) is 0 Å². The molecule has 0 saturated heterocycles. The minimum absolute atomic E-state index is 0.00153. The molecule has 0 unspecified atom stereocenters. The largest absolute Gasteiger partial charge is 0.480 e. The summed E-state index contributed by atoms with van der Waals surface area (Å²) in [5.74, 6) is -1.22. The lowest BCUT2D eigenvalue weighted by atomic mass is 10.2. The van der Waals surface area contributed by atoms with E-state index in [0.29, 0.717) is 5.22 Å². The van der Waals surface area contributed by atoms with Crippen molar-refractivity contribution < 1.29 is 14.6 Å². The minimum atomic E-state index is -0.638. The average molecular weight is 193 g/mol. The van der Waals surface area contributed by atoms with E-state index < -0.39 is 17.5 Å². The number of hydrogen-bond donors (Lipinski definition) is 2. The summed E-state index contributed by atoms with van der Waals surface area (Å²) in [7, 11) is 0. The zero-order chi connectivity index (χ0) is 10.1. The molecule has 1 aliphatic heterocycles. The van der Waals surface area contributed by atoms with Gasteiger partial charge in [0.15, 0.2) is 0 Å². The van der Waals surface area contributed by atoms with Gasteiger partial charge < -0.3 is 14.8 Å². The summed E-state index contributed by atoms with van der Waals surface area (Å²) in [4.78, 5) is 24.6. The van der Waals surface area contributed by atoms with Crippen LogP contribution in [0.2, 0.25) is 0 Å². The number of hydrogen-bond acceptors (Lipinski definition) is 4. The normalized spacial score (nSPS) is 15.1. The Labute approximate surface area is 78.0 Å². The van der Waals surface area contributed by atoms with E-state index in [1.807, 2.05) is 0 Å². The standard InChI is InChI=1S/C9H7NO4/c11-6-2-1-5-3-4-10-8(12)7(5)9(13)14-6/h1,3-4,13H,2H2,(H,10,12). The average Bonchev–Trinajstić information content (AvgIpc) is 2.27. The summed E-state index contributed by atoms with van der Waals surface area (Å²) in [6.45, 7) is 0. The number of cyclic esters (lactones) is 1. The topological polar surface area (TPSA) is 79.4 Å². The van der Waals surface area contributed by atoms with Gasteiger partial charge in [0.1, 0.15) is 5.22 Å². The molecule has 5 nitrogen and oxygen atoms in total. The Balaban J connectivity index is 2.94. The number of fused-ring (bicyclic) bond motifs is 1.